The van der Waals surface area contributed by atoms with E-state index in [0.717, 1.165) is 5.56 Å². The smallest absolute Gasteiger partial charge is 0.253 e. The first-order valence-electron chi connectivity index (χ1n) is 7.46. The summed E-state index contributed by atoms with van der Waals surface area (Å²) in [6.07, 6.45) is 6.50. The lowest BCUT2D eigenvalue weighted by atomic mass is 10.2. The van der Waals surface area contributed by atoms with Gasteiger partial charge in [-0.25, -0.2) is 0 Å². The van der Waals surface area contributed by atoms with Crippen LogP contribution < -0.4 is 10.6 Å². The maximum Gasteiger partial charge on any atom is 0.253 e. The van der Waals surface area contributed by atoms with Gasteiger partial charge in [0.2, 0.25) is 0 Å². The second kappa shape index (κ2) is 7.96. The van der Waals surface area contributed by atoms with E-state index in [0.29, 0.717) is 33.5 Å². The third-order valence-electron chi connectivity index (χ3n) is 3.41. The van der Waals surface area contributed by atoms with Crippen LogP contribution in [0, 0.1) is 0 Å². The van der Waals surface area contributed by atoms with Crippen molar-refractivity contribution >= 4 is 40.5 Å². The molecule has 5 nitrogen and oxygen atoms in total. The molecule has 0 aliphatic rings. The highest BCUT2D eigenvalue weighted by molar-refractivity contribution is 6.43. The van der Waals surface area contributed by atoms with Crippen LogP contribution >= 0.6 is 23.2 Å². The summed E-state index contributed by atoms with van der Waals surface area (Å²) >= 11 is 12.2. The molecule has 0 radical (unpaired) electrons. The molecule has 0 unspecified atom stereocenters. The second-order valence-electron chi connectivity index (χ2n) is 5.23. The zero-order valence-corrected chi connectivity index (χ0v) is 14.6. The fourth-order valence-corrected chi connectivity index (χ4v) is 2.52. The number of rotatable bonds is 5. The molecule has 1 amide bonds. The van der Waals surface area contributed by atoms with Gasteiger partial charge in [0.15, 0.2) is 0 Å². The van der Waals surface area contributed by atoms with Crippen LogP contribution in [0.3, 0.4) is 0 Å². The first kappa shape index (κ1) is 17.2. The number of aromatic nitrogens is 2. The molecule has 3 rings (SSSR count). The quantitative estimate of drug-likeness (QED) is 0.693. The molecule has 1 aromatic carbocycles. The standard InChI is InChI=1S/C18H14Cl2N4O/c19-15-4-1-5-16(17(15)20)24-14-7-13(10-22-11-14)18(25)23-9-12-3-2-6-21-8-12/h1-8,10-11,24H,9H2,(H,23,25). The molecule has 2 heterocycles. The molecule has 0 saturated carbocycles. The van der Waals surface area contributed by atoms with Crippen molar-refractivity contribution in [3.63, 3.8) is 0 Å². The van der Waals surface area contributed by atoms with Crippen molar-refractivity contribution in [2.24, 2.45) is 0 Å². The number of pyridine rings is 2. The van der Waals surface area contributed by atoms with Gasteiger partial charge in [-0.15, -0.1) is 0 Å². The number of hydrogen-bond donors (Lipinski definition) is 2. The highest BCUT2D eigenvalue weighted by Crippen LogP contribution is 2.31. The number of hydrogen-bond acceptors (Lipinski definition) is 4. The molecule has 126 valence electrons. The zero-order valence-electron chi connectivity index (χ0n) is 13.0. The maximum atomic E-state index is 12.3. The van der Waals surface area contributed by atoms with Crippen LogP contribution in [0.2, 0.25) is 10.0 Å². The summed E-state index contributed by atoms with van der Waals surface area (Å²) in [6, 6.07) is 10.7. The van der Waals surface area contributed by atoms with Gasteiger partial charge in [0.1, 0.15) is 0 Å². The number of nitrogens with zero attached hydrogens (tertiary/aromatic N) is 2. The summed E-state index contributed by atoms with van der Waals surface area (Å²) < 4.78 is 0. The van der Waals surface area contributed by atoms with Gasteiger partial charge in [-0.1, -0.05) is 35.3 Å². The molecular weight excluding hydrogens is 359 g/mol. The third kappa shape index (κ3) is 4.47. The average molecular weight is 373 g/mol. The predicted octanol–water partition coefficient (Wildman–Crippen LogP) is 4.46. The van der Waals surface area contributed by atoms with E-state index in [-0.39, 0.29) is 5.91 Å². The summed E-state index contributed by atoms with van der Waals surface area (Å²) in [5.74, 6) is -0.225. The van der Waals surface area contributed by atoms with E-state index in [1.165, 1.54) is 6.20 Å². The van der Waals surface area contributed by atoms with E-state index in [1.807, 2.05) is 12.1 Å². The maximum absolute atomic E-state index is 12.3. The van der Waals surface area contributed by atoms with Gasteiger partial charge in [-0.2, -0.15) is 0 Å². The molecule has 0 atom stereocenters. The predicted molar refractivity (Wildman–Crippen MR) is 99.4 cm³/mol. The number of amides is 1. The van der Waals surface area contributed by atoms with Crippen molar-refractivity contribution in [1.82, 2.24) is 15.3 Å². The van der Waals surface area contributed by atoms with Gasteiger partial charge in [0, 0.05) is 25.1 Å². The minimum atomic E-state index is -0.225. The monoisotopic (exact) mass is 372 g/mol. The Hall–Kier alpha value is -2.63. The van der Waals surface area contributed by atoms with Gasteiger partial charge in [0.25, 0.3) is 5.91 Å². The number of nitrogens with one attached hydrogen (secondary N) is 2. The van der Waals surface area contributed by atoms with E-state index in [9.17, 15) is 4.79 Å². The topological polar surface area (TPSA) is 66.9 Å². The lowest BCUT2D eigenvalue weighted by molar-refractivity contribution is 0.0950. The number of carbonyl (C=O) groups is 1. The van der Waals surface area contributed by atoms with Crippen LogP contribution in [0.25, 0.3) is 0 Å². The van der Waals surface area contributed by atoms with Crippen LogP contribution in [0.15, 0.2) is 61.2 Å². The lowest BCUT2D eigenvalue weighted by Gasteiger charge is -2.10. The largest absolute Gasteiger partial charge is 0.353 e. The van der Waals surface area contributed by atoms with Crippen LogP contribution in [0.5, 0.6) is 0 Å². The van der Waals surface area contributed by atoms with Crippen molar-refractivity contribution in [3.05, 3.63) is 82.4 Å². The zero-order chi connectivity index (χ0) is 17.6. The van der Waals surface area contributed by atoms with Crippen molar-refractivity contribution in [1.29, 1.82) is 0 Å². The average Bonchev–Trinajstić information content (AvgIpc) is 2.64. The Balaban J connectivity index is 1.70. The molecule has 2 N–H and O–H groups in total. The van der Waals surface area contributed by atoms with E-state index in [4.69, 9.17) is 23.2 Å². The highest BCUT2D eigenvalue weighted by atomic mass is 35.5. The van der Waals surface area contributed by atoms with Crippen LogP contribution in [0.1, 0.15) is 15.9 Å². The molecule has 3 aromatic rings. The number of halogens is 2. The molecule has 7 heteroatoms. The van der Waals surface area contributed by atoms with Crippen molar-refractivity contribution in [2.45, 2.75) is 6.54 Å². The molecule has 2 aromatic heterocycles. The molecule has 0 saturated heterocycles. The fraction of sp³-hybridized carbons (Fsp3) is 0.0556. The fourth-order valence-electron chi connectivity index (χ4n) is 2.18. The van der Waals surface area contributed by atoms with Crippen LogP contribution in [-0.4, -0.2) is 15.9 Å². The van der Waals surface area contributed by atoms with E-state index < -0.39 is 0 Å². The van der Waals surface area contributed by atoms with Crippen LogP contribution in [-0.2, 0) is 6.54 Å². The summed E-state index contributed by atoms with van der Waals surface area (Å²) in [6.45, 7) is 0.393. The first-order chi connectivity index (χ1) is 12.1. The Kier molecular flexibility index (Phi) is 5.48. The van der Waals surface area contributed by atoms with E-state index in [1.54, 1.807) is 42.9 Å². The number of anilines is 2. The van der Waals surface area contributed by atoms with Gasteiger partial charge < -0.3 is 10.6 Å². The lowest BCUT2D eigenvalue weighted by Crippen LogP contribution is -2.23. The second-order valence-corrected chi connectivity index (χ2v) is 6.02. The summed E-state index contributed by atoms with van der Waals surface area (Å²) in [5.41, 5.74) is 2.64. The van der Waals surface area contributed by atoms with Gasteiger partial charge in [-0.3, -0.25) is 14.8 Å². The Labute approximate surface area is 155 Å². The van der Waals surface area contributed by atoms with Gasteiger partial charge >= 0.3 is 0 Å². The first-order valence-corrected chi connectivity index (χ1v) is 8.22. The third-order valence-corrected chi connectivity index (χ3v) is 4.23. The molecule has 0 aliphatic carbocycles. The van der Waals surface area contributed by atoms with E-state index >= 15 is 0 Å². The molecule has 0 fully saturated rings. The molecule has 0 aliphatic heterocycles. The summed E-state index contributed by atoms with van der Waals surface area (Å²) in [7, 11) is 0. The molecular formula is C18H14Cl2N4O. The normalized spacial score (nSPS) is 10.3. The molecule has 0 bridgehead atoms. The number of carbonyl (C=O) groups excluding carboxylic acids is 1. The van der Waals surface area contributed by atoms with Gasteiger partial charge in [0.05, 0.1) is 33.2 Å². The van der Waals surface area contributed by atoms with Gasteiger partial charge in [-0.05, 0) is 29.8 Å². The van der Waals surface area contributed by atoms with Crippen molar-refractivity contribution in [2.75, 3.05) is 5.32 Å². The number of benzene rings is 1. The Morgan fingerprint density at radius 3 is 2.72 bits per heavy atom. The van der Waals surface area contributed by atoms with Crippen molar-refractivity contribution < 1.29 is 4.79 Å². The van der Waals surface area contributed by atoms with Crippen LogP contribution in [0.4, 0.5) is 11.4 Å². The SMILES string of the molecule is O=C(NCc1cccnc1)c1cncc(Nc2cccc(Cl)c2Cl)c1. The molecule has 25 heavy (non-hydrogen) atoms. The summed E-state index contributed by atoms with van der Waals surface area (Å²) in [4.78, 5) is 20.4. The highest BCUT2D eigenvalue weighted by Gasteiger charge is 2.09. The molecule has 0 spiro atoms. The minimum Gasteiger partial charge on any atom is -0.353 e. The Morgan fingerprint density at radius 2 is 1.92 bits per heavy atom. The Morgan fingerprint density at radius 1 is 1.04 bits per heavy atom. The van der Waals surface area contributed by atoms with E-state index in [2.05, 4.69) is 20.6 Å². The Bertz CT molecular complexity index is 887. The minimum absolute atomic E-state index is 0.225. The summed E-state index contributed by atoms with van der Waals surface area (Å²) in [5, 5.41) is 6.81. The van der Waals surface area contributed by atoms with Crippen molar-refractivity contribution in [3.8, 4) is 0 Å².